The molecule has 31 heavy (non-hydrogen) atoms. The SMILES string of the molecule is CNC(=O)C1Cc2ccccc2CN1C(=O)CCCn1c(=O)[nH]c2ccccc2c1=O. The van der Waals surface area contributed by atoms with Crippen LogP contribution in [0.4, 0.5) is 0 Å². The molecule has 0 spiro atoms. The minimum atomic E-state index is -0.570. The van der Waals surface area contributed by atoms with Crippen molar-refractivity contribution in [2.24, 2.45) is 0 Å². The summed E-state index contributed by atoms with van der Waals surface area (Å²) in [5.74, 6) is -0.376. The number of fused-ring (bicyclic) bond motifs is 2. The Hall–Kier alpha value is -3.68. The Balaban J connectivity index is 1.49. The minimum absolute atomic E-state index is 0.125. The van der Waals surface area contributed by atoms with Crippen molar-refractivity contribution in [3.63, 3.8) is 0 Å². The molecular weight excluding hydrogens is 396 g/mol. The van der Waals surface area contributed by atoms with Crippen LogP contribution in [-0.2, 0) is 29.1 Å². The number of nitrogens with one attached hydrogen (secondary N) is 2. The molecule has 8 heteroatoms. The highest BCUT2D eigenvalue weighted by Crippen LogP contribution is 2.24. The van der Waals surface area contributed by atoms with E-state index in [1.165, 1.54) is 0 Å². The average Bonchev–Trinajstić information content (AvgIpc) is 2.79. The number of para-hydroxylation sites is 1. The van der Waals surface area contributed by atoms with Gasteiger partial charge in [0.1, 0.15) is 6.04 Å². The molecular formula is C23H24N4O4. The maximum atomic E-state index is 13.0. The Bertz CT molecular complexity index is 1260. The van der Waals surface area contributed by atoms with Gasteiger partial charge in [0, 0.05) is 33.0 Å². The van der Waals surface area contributed by atoms with E-state index in [0.29, 0.717) is 30.3 Å². The number of carbonyl (C=O) groups is 2. The van der Waals surface area contributed by atoms with Crippen LogP contribution in [0, 0.1) is 0 Å². The fourth-order valence-corrected chi connectivity index (χ4v) is 4.12. The predicted molar refractivity (Wildman–Crippen MR) is 117 cm³/mol. The zero-order valence-electron chi connectivity index (χ0n) is 17.3. The molecule has 160 valence electrons. The van der Waals surface area contributed by atoms with Gasteiger partial charge < -0.3 is 15.2 Å². The predicted octanol–water partition coefficient (Wildman–Crippen LogP) is 1.17. The Kier molecular flexibility index (Phi) is 5.70. The van der Waals surface area contributed by atoms with Crippen molar-refractivity contribution >= 4 is 22.7 Å². The van der Waals surface area contributed by atoms with Crippen LogP contribution in [-0.4, -0.2) is 39.4 Å². The molecule has 0 saturated heterocycles. The van der Waals surface area contributed by atoms with E-state index in [1.807, 2.05) is 24.3 Å². The second-order valence-corrected chi connectivity index (χ2v) is 7.66. The normalized spacial score (nSPS) is 15.5. The topological polar surface area (TPSA) is 104 Å². The lowest BCUT2D eigenvalue weighted by Crippen LogP contribution is -2.52. The molecule has 0 fully saturated rings. The molecule has 2 N–H and O–H groups in total. The van der Waals surface area contributed by atoms with Crippen molar-refractivity contribution in [2.75, 3.05) is 7.05 Å². The van der Waals surface area contributed by atoms with Gasteiger partial charge in [-0.05, 0) is 29.7 Å². The van der Waals surface area contributed by atoms with Crippen LogP contribution in [0.1, 0.15) is 24.0 Å². The highest BCUT2D eigenvalue weighted by Gasteiger charge is 2.33. The number of aromatic amines is 1. The summed E-state index contributed by atoms with van der Waals surface area (Å²) in [6, 6.07) is 14.0. The zero-order chi connectivity index (χ0) is 22.0. The molecule has 2 heterocycles. The largest absolute Gasteiger partial charge is 0.357 e. The van der Waals surface area contributed by atoms with E-state index in [4.69, 9.17) is 0 Å². The highest BCUT2D eigenvalue weighted by atomic mass is 16.2. The summed E-state index contributed by atoms with van der Waals surface area (Å²) in [7, 11) is 1.56. The number of amides is 2. The third-order valence-corrected chi connectivity index (χ3v) is 5.78. The van der Waals surface area contributed by atoms with Gasteiger partial charge in [-0.1, -0.05) is 36.4 Å². The van der Waals surface area contributed by atoms with Crippen molar-refractivity contribution in [3.05, 3.63) is 80.5 Å². The first-order chi connectivity index (χ1) is 15.0. The van der Waals surface area contributed by atoms with E-state index in [2.05, 4.69) is 10.3 Å². The van der Waals surface area contributed by atoms with Gasteiger partial charge in [-0.15, -0.1) is 0 Å². The number of likely N-dealkylation sites (N-methyl/N-ethyl adjacent to an activating group) is 1. The number of carbonyl (C=O) groups excluding carboxylic acids is 2. The first kappa shape index (κ1) is 20.6. The van der Waals surface area contributed by atoms with Gasteiger partial charge in [0.15, 0.2) is 0 Å². The lowest BCUT2D eigenvalue weighted by molar-refractivity contribution is -0.141. The molecule has 4 rings (SSSR count). The Morgan fingerprint density at radius 2 is 1.77 bits per heavy atom. The molecule has 0 bridgehead atoms. The molecule has 0 aliphatic carbocycles. The summed E-state index contributed by atoms with van der Waals surface area (Å²) < 4.78 is 1.12. The smallest absolute Gasteiger partial charge is 0.328 e. The first-order valence-electron chi connectivity index (χ1n) is 10.3. The molecule has 8 nitrogen and oxygen atoms in total. The summed E-state index contributed by atoms with van der Waals surface area (Å²) in [5, 5.41) is 3.07. The summed E-state index contributed by atoms with van der Waals surface area (Å²) in [4.78, 5) is 54.6. The van der Waals surface area contributed by atoms with Gasteiger partial charge in [-0.2, -0.15) is 0 Å². The zero-order valence-corrected chi connectivity index (χ0v) is 17.3. The highest BCUT2D eigenvalue weighted by molar-refractivity contribution is 5.88. The van der Waals surface area contributed by atoms with Gasteiger partial charge >= 0.3 is 5.69 Å². The number of nitrogens with zero attached hydrogens (tertiary/aromatic N) is 2. The standard InChI is InChI=1S/C23H24N4O4/c1-24-21(29)19-13-15-7-2-3-8-16(15)14-27(19)20(28)11-6-12-26-22(30)17-9-4-5-10-18(17)25-23(26)31/h2-5,7-10,19H,6,11-14H2,1H3,(H,24,29)(H,25,31). The average molecular weight is 420 g/mol. The van der Waals surface area contributed by atoms with E-state index >= 15 is 0 Å². The van der Waals surface area contributed by atoms with Crippen molar-refractivity contribution in [3.8, 4) is 0 Å². The van der Waals surface area contributed by atoms with Crippen molar-refractivity contribution in [1.29, 1.82) is 0 Å². The second-order valence-electron chi connectivity index (χ2n) is 7.66. The van der Waals surface area contributed by atoms with E-state index in [9.17, 15) is 19.2 Å². The Morgan fingerprint density at radius 3 is 2.55 bits per heavy atom. The van der Waals surface area contributed by atoms with E-state index < -0.39 is 11.7 Å². The van der Waals surface area contributed by atoms with E-state index in [0.717, 1.165) is 15.7 Å². The molecule has 0 saturated carbocycles. The monoisotopic (exact) mass is 420 g/mol. The maximum absolute atomic E-state index is 13.0. The summed E-state index contributed by atoms with van der Waals surface area (Å²) in [6.45, 7) is 0.489. The number of rotatable bonds is 5. The van der Waals surface area contributed by atoms with Crippen LogP contribution in [0.3, 0.4) is 0 Å². The molecule has 1 aliphatic heterocycles. The number of H-pyrrole nitrogens is 1. The van der Waals surface area contributed by atoms with Gasteiger partial charge in [-0.3, -0.25) is 19.0 Å². The van der Waals surface area contributed by atoms with Crippen molar-refractivity contribution < 1.29 is 9.59 Å². The Labute approximate surface area is 178 Å². The summed E-state index contributed by atoms with van der Waals surface area (Å²) in [6.07, 6.45) is 0.915. The second kappa shape index (κ2) is 8.59. The molecule has 1 atom stereocenters. The summed E-state index contributed by atoms with van der Waals surface area (Å²) >= 11 is 0. The van der Waals surface area contributed by atoms with E-state index in [1.54, 1.807) is 36.2 Å². The number of benzene rings is 2. The maximum Gasteiger partial charge on any atom is 0.328 e. The lowest BCUT2D eigenvalue weighted by Gasteiger charge is -2.36. The minimum Gasteiger partial charge on any atom is -0.357 e. The van der Waals surface area contributed by atoms with Crippen LogP contribution in [0.5, 0.6) is 0 Å². The Morgan fingerprint density at radius 1 is 1.06 bits per heavy atom. The molecule has 1 aromatic heterocycles. The number of aromatic nitrogens is 2. The van der Waals surface area contributed by atoms with Gasteiger partial charge in [0.25, 0.3) is 5.56 Å². The van der Waals surface area contributed by atoms with Crippen molar-refractivity contribution in [1.82, 2.24) is 19.8 Å². The van der Waals surface area contributed by atoms with Gasteiger partial charge in [0.05, 0.1) is 10.9 Å². The third-order valence-electron chi connectivity index (χ3n) is 5.78. The number of hydrogen-bond donors (Lipinski definition) is 2. The van der Waals surface area contributed by atoms with Gasteiger partial charge in [-0.25, -0.2) is 4.79 Å². The van der Waals surface area contributed by atoms with Crippen LogP contribution >= 0.6 is 0 Å². The van der Waals surface area contributed by atoms with Gasteiger partial charge in [0.2, 0.25) is 11.8 Å². The quantitative estimate of drug-likeness (QED) is 0.647. The van der Waals surface area contributed by atoms with Crippen LogP contribution in [0.15, 0.2) is 58.1 Å². The fourth-order valence-electron chi connectivity index (χ4n) is 4.12. The van der Waals surface area contributed by atoms with Crippen molar-refractivity contribution in [2.45, 2.75) is 38.4 Å². The number of hydrogen-bond acceptors (Lipinski definition) is 4. The molecule has 0 radical (unpaired) electrons. The first-order valence-corrected chi connectivity index (χ1v) is 10.3. The summed E-state index contributed by atoms with van der Waals surface area (Å²) in [5.41, 5.74) is 1.71. The fraction of sp³-hybridized carbons (Fsp3) is 0.304. The lowest BCUT2D eigenvalue weighted by atomic mass is 9.93. The molecule has 3 aromatic rings. The molecule has 2 aromatic carbocycles. The van der Waals surface area contributed by atoms with Crippen LogP contribution in [0.25, 0.3) is 10.9 Å². The van der Waals surface area contributed by atoms with E-state index in [-0.39, 0.29) is 30.3 Å². The molecule has 1 aliphatic rings. The third kappa shape index (κ3) is 4.01. The van der Waals surface area contributed by atoms with Crippen LogP contribution < -0.4 is 16.6 Å². The van der Waals surface area contributed by atoms with Crippen LogP contribution in [0.2, 0.25) is 0 Å². The molecule has 2 amide bonds. The molecule has 1 unspecified atom stereocenters.